The molecule has 2 rings (SSSR count). The molecule has 0 saturated heterocycles. The van der Waals surface area contributed by atoms with Gasteiger partial charge in [0.1, 0.15) is 4.21 Å². The van der Waals surface area contributed by atoms with Crippen LogP contribution < -0.4 is 4.72 Å². The third kappa shape index (κ3) is 3.38. The largest absolute Gasteiger partial charge is 0.300 e. The fourth-order valence-electron chi connectivity index (χ4n) is 1.28. The summed E-state index contributed by atoms with van der Waals surface area (Å²) in [5.74, 6) is 0. The predicted molar refractivity (Wildman–Crippen MR) is 82.0 cm³/mol. The summed E-state index contributed by atoms with van der Waals surface area (Å²) < 4.78 is 26.9. The van der Waals surface area contributed by atoms with Crippen molar-refractivity contribution in [3.05, 3.63) is 41.3 Å². The number of nitro groups is 1. The molecule has 6 nitrogen and oxygen atoms in total. The SMILES string of the molecule is O=[N+]([O-])c1cc(S(=O)(=O)NCc2sccc2Br)sc1Cl. The van der Waals surface area contributed by atoms with Crippen LogP contribution in [-0.4, -0.2) is 13.3 Å². The minimum absolute atomic E-state index is 0.101. The van der Waals surface area contributed by atoms with Crippen LogP contribution in [0, 0.1) is 10.1 Å². The Bertz CT molecular complexity index is 755. The molecule has 0 unspecified atom stereocenters. The van der Waals surface area contributed by atoms with Gasteiger partial charge in [-0.25, -0.2) is 13.1 Å². The number of sulfonamides is 1. The second kappa shape index (κ2) is 6.08. The summed E-state index contributed by atoms with van der Waals surface area (Å²) >= 11 is 11.0. The summed E-state index contributed by atoms with van der Waals surface area (Å²) in [7, 11) is -3.82. The molecule has 2 aromatic rings. The van der Waals surface area contributed by atoms with Crippen molar-refractivity contribution < 1.29 is 13.3 Å². The van der Waals surface area contributed by atoms with Crippen LogP contribution in [0.15, 0.2) is 26.2 Å². The van der Waals surface area contributed by atoms with Crippen LogP contribution in [0.25, 0.3) is 0 Å². The van der Waals surface area contributed by atoms with Gasteiger partial charge in [0.15, 0.2) is 4.34 Å². The van der Waals surface area contributed by atoms with Crippen LogP contribution in [0.1, 0.15) is 4.88 Å². The molecule has 0 aliphatic rings. The Balaban J connectivity index is 2.20. The van der Waals surface area contributed by atoms with Crippen LogP contribution in [-0.2, 0) is 16.6 Å². The topological polar surface area (TPSA) is 89.3 Å². The van der Waals surface area contributed by atoms with E-state index in [1.807, 2.05) is 5.38 Å². The molecular formula is C9H6BrClN2O4S3. The van der Waals surface area contributed by atoms with E-state index < -0.39 is 20.6 Å². The summed E-state index contributed by atoms with van der Waals surface area (Å²) in [6, 6.07) is 2.76. The Hall–Kier alpha value is -0.520. The summed E-state index contributed by atoms with van der Waals surface area (Å²) in [4.78, 5) is 10.8. The van der Waals surface area contributed by atoms with E-state index in [0.717, 1.165) is 15.4 Å². The first-order valence-corrected chi connectivity index (χ1v) is 9.31. The van der Waals surface area contributed by atoms with E-state index in [4.69, 9.17) is 11.6 Å². The average molecular weight is 418 g/mol. The molecule has 108 valence electrons. The van der Waals surface area contributed by atoms with Gasteiger partial charge in [-0.2, -0.15) is 0 Å². The van der Waals surface area contributed by atoms with Crippen LogP contribution in [0.4, 0.5) is 5.69 Å². The Morgan fingerprint density at radius 3 is 2.70 bits per heavy atom. The van der Waals surface area contributed by atoms with Crippen molar-refractivity contribution in [3.8, 4) is 0 Å². The van der Waals surface area contributed by atoms with E-state index in [9.17, 15) is 18.5 Å². The maximum atomic E-state index is 12.0. The first kappa shape index (κ1) is 15.9. The Kier molecular flexibility index (Phi) is 4.82. The van der Waals surface area contributed by atoms with Gasteiger partial charge in [0, 0.05) is 22.0 Å². The molecule has 0 atom stereocenters. The second-order valence-corrected chi connectivity index (χ2v) is 9.00. The normalized spacial score (nSPS) is 11.7. The molecule has 0 amide bonds. The third-order valence-electron chi connectivity index (χ3n) is 2.22. The highest BCUT2D eigenvalue weighted by Gasteiger charge is 2.25. The maximum Gasteiger partial charge on any atom is 0.300 e. The van der Waals surface area contributed by atoms with Gasteiger partial charge in [-0.05, 0) is 27.4 Å². The van der Waals surface area contributed by atoms with E-state index in [1.165, 1.54) is 11.3 Å². The average Bonchev–Trinajstić information content (AvgIpc) is 2.93. The van der Waals surface area contributed by atoms with Gasteiger partial charge in [-0.15, -0.1) is 22.7 Å². The molecule has 0 aliphatic heterocycles. The van der Waals surface area contributed by atoms with Crippen molar-refractivity contribution in [1.29, 1.82) is 0 Å². The van der Waals surface area contributed by atoms with Crippen LogP contribution in [0.2, 0.25) is 4.34 Å². The molecule has 0 bridgehead atoms. The lowest BCUT2D eigenvalue weighted by Crippen LogP contribution is -2.22. The van der Waals surface area contributed by atoms with Gasteiger partial charge in [-0.1, -0.05) is 11.6 Å². The quantitative estimate of drug-likeness (QED) is 0.594. The molecule has 0 fully saturated rings. The Morgan fingerprint density at radius 1 is 1.50 bits per heavy atom. The minimum Gasteiger partial charge on any atom is -0.258 e. The highest BCUT2D eigenvalue weighted by molar-refractivity contribution is 9.10. The highest BCUT2D eigenvalue weighted by Crippen LogP contribution is 2.36. The molecule has 20 heavy (non-hydrogen) atoms. The lowest BCUT2D eigenvalue weighted by Gasteiger charge is -2.03. The van der Waals surface area contributed by atoms with Gasteiger partial charge < -0.3 is 0 Å². The molecule has 1 N–H and O–H groups in total. The number of rotatable bonds is 5. The second-order valence-electron chi connectivity index (χ2n) is 3.50. The lowest BCUT2D eigenvalue weighted by molar-refractivity contribution is -0.384. The monoisotopic (exact) mass is 416 g/mol. The van der Waals surface area contributed by atoms with E-state index in [2.05, 4.69) is 20.7 Å². The van der Waals surface area contributed by atoms with Crippen molar-refractivity contribution >= 4 is 65.9 Å². The number of thiophene rings is 2. The summed E-state index contributed by atoms with van der Waals surface area (Å²) in [5, 5.41) is 12.5. The summed E-state index contributed by atoms with van der Waals surface area (Å²) in [5.41, 5.74) is -0.408. The van der Waals surface area contributed by atoms with E-state index in [0.29, 0.717) is 11.3 Å². The fraction of sp³-hybridized carbons (Fsp3) is 0.111. The summed E-state index contributed by atoms with van der Waals surface area (Å²) in [6.07, 6.45) is 0. The number of hydrogen-bond acceptors (Lipinski definition) is 6. The molecule has 11 heteroatoms. The van der Waals surface area contributed by atoms with Crippen molar-refractivity contribution in [3.63, 3.8) is 0 Å². The Morgan fingerprint density at radius 2 is 2.20 bits per heavy atom. The van der Waals surface area contributed by atoms with Gasteiger partial charge in [0.05, 0.1) is 4.92 Å². The van der Waals surface area contributed by atoms with Gasteiger partial charge in [-0.3, -0.25) is 10.1 Å². The first-order valence-electron chi connectivity index (χ1n) is 4.96. The van der Waals surface area contributed by atoms with Crippen LogP contribution >= 0.6 is 50.2 Å². The first-order chi connectivity index (χ1) is 9.31. The van der Waals surface area contributed by atoms with Crippen LogP contribution in [0.5, 0.6) is 0 Å². The zero-order valence-electron chi connectivity index (χ0n) is 9.50. The van der Waals surface area contributed by atoms with Crippen molar-refractivity contribution in [2.45, 2.75) is 10.8 Å². The fourth-order valence-corrected chi connectivity index (χ4v) is 5.51. The number of halogens is 2. The Labute approximate surface area is 135 Å². The lowest BCUT2D eigenvalue weighted by atomic mass is 10.5. The number of nitrogens with zero attached hydrogens (tertiary/aromatic N) is 1. The number of nitrogens with one attached hydrogen (secondary N) is 1. The van der Waals surface area contributed by atoms with E-state index in [1.54, 1.807) is 6.07 Å². The van der Waals surface area contributed by atoms with E-state index in [-0.39, 0.29) is 15.1 Å². The van der Waals surface area contributed by atoms with E-state index >= 15 is 0 Å². The minimum atomic E-state index is -3.82. The maximum absolute atomic E-state index is 12.0. The molecular weight excluding hydrogens is 412 g/mol. The molecule has 0 saturated carbocycles. The van der Waals surface area contributed by atoms with Gasteiger partial charge in [0.25, 0.3) is 15.7 Å². The highest BCUT2D eigenvalue weighted by atomic mass is 79.9. The molecule has 2 aromatic heterocycles. The smallest absolute Gasteiger partial charge is 0.258 e. The third-order valence-corrected chi connectivity index (χ3v) is 7.36. The standard InChI is InChI=1S/C9H6BrClN2O4S3/c10-5-1-2-18-7(5)4-12-20(16,17)8-3-6(13(14)15)9(11)19-8/h1-3,12H,4H2. The zero-order valence-corrected chi connectivity index (χ0v) is 14.3. The molecule has 0 radical (unpaired) electrons. The van der Waals surface area contributed by atoms with Crippen LogP contribution in [0.3, 0.4) is 0 Å². The molecule has 2 heterocycles. The predicted octanol–water partition coefficient (Wildman–Crippen LogP) is 3.61. The summed E-state index contributed by atoms with van der Waals surface area (Å²) in [6.45, 7) is 0.101. The van der Waals surface area contributed by atoms with Crippen molar-refractivity contribution in [2.75, 3.05) is 0 Å². The molecule has 0 aliphatic carbocycles. The van der Waals surface area contributed by atoms with Gasteiger partial charge in [0.2, 0.25) is 0 Å². The molecule has 0 aromatic carbocycles. The van der Waals surface area contributed by atoms with Gasteiger partial charge >= 0.3 is 0 Å². The molecule has 0 spiro atoms. The van der Waals surface area contributed by atoms with Crippen molar-refractivity contribution in [1.82, 2.24) is 4.72 Å². The number of hydrogen-bond donors (Lipinski definition) is 1. The van der Waals surface area contributed by atoms with Crippen molar-refractivity contribution in [2.24, 2.45) is 0 Å². The zero-order chi connectivity index (χ0) is 14.9.